The molecule has 12 nitrogen and oxygen atoms in total. The zero-order chi connectivity index (χ0) is 23.2. The van der Waals surface area contributed by atoms with E-state index < -0.39 is 72.9 Å². The fourth-order valence-electron chi connectivity index (χ4n) is 3.06. The fraction of sp³-hybridized carbons (Fsp3) is 0.667. The number of nitrogens with zero attached hydrogens (tertiary/aromatic N) is 1. The minimum Gasteiger partial charge on any atom is -0.463 e. The average molecular weight is 431 g/mol. The van der Waals surface area contributed by atoms with Gasteiger partial charge in [0, 0.05) is 41.5 Å². The second-order valence-corrected chi connectivity index (χ2v) is 6.50. The number of hydrogen-bond acceptors (Lipinski definition) is 11. The molecule has 2 amide bonds. The summed E-state index contributed by atoms with van der Waals surface area (Å²) >= 11 is 0. The molecule has 12 heteroatoms. The van der Waals surface area contributed by atoms with Crippen molar-refractivity contribution < 1.29 is 52.5 Å². The van der Waals surface area contributed by atoms with Crippen LogP contribution in [-0.4, -0.2) is 77.8 Å². The molecule has 1 unspecified atom stereocenters. The van der Waals surface area contributed by atoms with Crippen LogP contribution < -0.4 is 0 Å². The van der Waals surface area contributed by atoms with Gasteiger partial charge >= 0.3 is 23.9 Å². The molecular weight excluding hydrogens is 406 g/mol. The molecule has 1 saturated heterocycles. The molecule has 168 valence electrons. The van der Waals surface area contributed by atoms with Crippen LogP contribution in [0.3, 0.4) is 0 Å². The van der Waals surface area contributed by atoms with E-state index in [2.05, 4.69) is 0 Å². The molecule has 0 bridgehead atoms. The maximum Gasteiger partial charge on any atom is 0.305 e. The largest absolute Gasteiger partial charge is 0.463 e. The lowest BCUT2D eigenvalue weighted by molar-refractivity contribution is -0.282. The Kier molecular flexibility index (Phi) is 8.90. The molecule has 1 aliphatic rings. The summed E-state index contributed by atoms with van der Waals surface area (Å²) in [5, 5.41) is 0. The Balaban J connectivity index is 3.55. The van der Waals surface area contributed by atoms with E-state index in [4.69, 9.17) is 23.7 Å². The van der Waals surface area contributed by atoms with Crippen molar-refractivity contribution >= 4 is 35.7 Å². The van der Waals surface area contributed by atoms with Crippen LogP contribution in [0.4, 0.5) is 0 Å². The van der Waals surface area contributed by atoms with Crippen LogP contribution in [-0.2, 0) is 52.5 Å². The maximum absolute atomic E-state index is 12.2. The summed E-state index contributed by atoms with van der Waals surface area (Å²) < 4.78 is 26.1. The highest BCUT2D eigenvalue weighted by atomic mass is 16.7. The quantitative estimate of drug-likeness (QED) is 0.394. The van der Waals surface area contributed by atoms with Gasteiger partial charge in [-0.15, -0.1) is 0 Å². The van der Waals surface area contributed by atoms with E-state index >= 15 is 0 Å². The number of rotatable bonds is 6. The van der Waals surface area contributed by atoms with Gasteiger partial charge in [0.05, 0.1) is 0 Å². The van der Waals surface area contributed by atoms with Crippen LogP contribution in [0.2, 0.25) is 0 Å². The van der Waals surface area contributed by atoms with Crippen LogP contribution >= 0.6 is 0 Å². The molecule has 30 heavy (non-hydrogen) atoms. The molecule has 1 heterocycles. The predicted molar refractivity (Wildman–Crippen MR) is 95.2 cm³/mol. The first-order valence-corrected chi connectivity index (χ1v) is 8.96. The Bertz CT molecular complexity index is 705. The zero-order valence-corrected chi connectivity index (χ0v) is 17.5. The first-order chi connectivity index (χ1) is 13.8. The second-order valence-electron chi connectivity index (χ2n) is 6.50. The van der Waals surface area contributed by atoms with Crippen molar-refractivity contribution in [1.29, 1.82) is 0 Å². The van der Waals surface area contributed by atoms with Crippen molar-refractivity contribution in [2.75, 3.05) is 6.61 Å². The first kappa shape index (κ1) is 25.0. The van der Waals surface area contributed by atoms with Gasteiger partial charge in [-0.2, -0.15) is 0 Å². The van der Waals surface area contributed by atoms with Gasteiger partial charge in [0.1, 0.15) is 18.8 Å². The lowest BCUT2D eigenvalue weighted by Gasteiger charge is -2.47. The summed E-state index contributed by atoms with van der Waals surface area (Å²) in [5.74, 6) is -4.64. The van der Waals surface area contributed by atoms with Crippen LogP contribution in [0, 0.1) is 0 Å². The highest BCUT2D eigenvalue weighted by molar-refractivity contribution is 5.93. The van der Waals surface area contributed by atoms with Gasteiger partial charge in [-0.25, -0.2) is 0 Å². The molecule has 0 aliphatic carbocycles. The summed E-state index contributed by atoms with van der Waals surface area (Å²) in [5.41, 5.74) is 0. The van der Waals surface area contributed by atoms with Crippen molar-refractivity contribution in [2.45, 2.75) is 72.2 Å². The highest BCUT2D eigenvalue weighted by Gasteiger charge is 2.55. The SMILES string of the molecule is CC(=O)OC[C@H]1OC(OC(C)=O)[C@H](N(C(C)=O)C(C)=O)[C@@H](OC(C)=O)[C@@H]1OC(C)=O. The maximum atomic E-state index is 12.2. The van der Waals surface area contributed by atoms with Crippen LogP contribution in [0.5, 0.6) is 0 Å². The third-order valence-corrected chi connectivity index (χ3v) is 3.93. The van der Waals surface area contributed by atoms with Gasteiger partial charge in [0.15, 0.2) is 12.2 Å². The lowest BCUT2D eigenvalue weighted by Crippen LogP contribution is -2.68. The highest BCUT2D eigenvalue weighted by Crippen LogP contribution is 2.31. The molecular formula is C18H25NO11. The van der Waals surface area contributed by atoms with Gasteiger partial charge in [-0.3, -0.25) is 33.7 Å². The molecule has 1 aliphatic heterocycles. The Morgan fingerprint density at radius 3 is 1.57 bits per heavy atom. The average Bonchev–Trinajstić information content (AvgIpc) is 2.56. The first-order valence-electron chi connectivity index (χ1n) is 8.96. The Hall–Kier alpha value is -3.02. The molecule has 0 saturated carbocycles. The van der Waals surface area contributed by atoms with E-state index in [0.29, 0.717) is 4.90 Å². The minimum atomic E-state index is -1.59. The third-order valence-electron chi connectivity index (χ3n) is 3.93. The Morgan fingerprint density at radius 2 is 1.17 bits per heavy atom. The van der Waals surface area contributed by atoms with Gasteiger partial charge in [0.2, 0.25) is 18.1 Å². The summed E-state index contributed by atoms with van der Waals surface area (Å²) in [6.07, 6.45) is -5.68. The third kappa shape index (κ3) is 6.79. The van der Waals surface area contributed by atoms with Crippen LogP contribution in [0.1, 0.15) is 41.5 Å². The Morgan fingerprint density at radius 1 is 0.700 bits per heavy atom. The normalized spacial score (nSPS) is 25.5. The standard InChI is InChI=1S/C18H25NO11/c1-8(20)19(9(2)21)15-17(28-12(5)24)16(27-11(4)23)14(7-26-10(3)22)30-18(15)29-13(6)25/h14-18H,7H2,1-6H3/t14-,15-,16-,17-,18?/m1/s1. The number of carbonyl (C=O) groups is 6. The van der Waals surface area contributed by atoms with Gasteiger partial charge < -0.3 is 23.7 Å². The number of amides is 2. The molecule has 0 aromatic carbocycles. The molecule has 1 rings (SSSR count). The van der Waals surface area contributed by atoms with Crippen LogP contribution in [0.15, 0.2) is 0 Å². The summed E-state index contributed by atoms with van der Waals surface area (Å²) in [6.45, 7) is 6.03. The molecule has 0 aromatic rings. The molecule has 0 spiro atoms. The van der Waals surface area contributed by atoms with Crippen molar-refractivity contribution in [1.82, 2.24) is 4.90 Å². The van der Waals surface area contributed by atoms with Gasteiger partial charge in [0.25, 0.3) is 0 Å². The monoisotopic (exact) mass is 431 g/mol. The molecule has 1 fully saturated rings. The van der Waals surface area contributed by atoms with Crippen molar-refractivity contribution in [2.24, 2.45) is 0 Å². The van der Waals surface area contributed by atoms with E-state index in [-0.39, 0.29) is 0 Å². The van der Waals surface area contributed by atoms with Gasteiger partial charge in [-0.05, 0) is 0 Å². The smallest absolute Gasteiger partial charge is 0.305 e. The van der Waals surface area contributed by atoms with E-state index in [1.165, 1.54) is 0 Å². The molecule has 5 atom stereocenters. The van der Waals surface area contributed by atoms with Crippen LogP contribution in [0.25, 0.3) is 0 Å². The number of hydrogen-bond donors (Lipinski definition) is 0. The molecule has 0 N–H and O–H groups in total. The van der Waals surface area contributed by atoms with Crippen molar-refractivity contribution in [3.8, 4) is 0 Å². The van der Waals surface area contributed by atoms with E-state index in [1.54, 1.807) is 0 Å². The van der Waals surface area contributed by atoms with E-state index in [0.717, 1.165) is 41.5 Å². The summed E-state index contributed by atoms with van der Waals surface area (Å²) in [7, 11) is 0. The zero-order valence-electron chi connectivity index (χ0n) is 17.5. The van der Waals surface area contributed by atoms with Crippen molar-refractivity contribution in [3.63, 3.8) is 0 Å². The second kappa shape index (κ2) is 10.7. The van der Waals surface area contributed by atoms with E-state index in [1.807, 2.05) is 0 Å². The molecule has 0 radical (unpaired) electrons. The number of ether oxygens (including phenoxy) is 5. The lowest BCUT2D eigenvalue weighted by atomic mass is 9.94. The topological polar surface area (TPSA) is 152 Å². The predicted octanol–water partition coefficient (Wildman–Crippen LogP) is -0.535. The minimum absolute atomic E-state index is 0.449. The summed E-state index contributed by atoms with van der Waals surface area (Å²) in [6, 6.07) is -1.47. The van der Waals surface area contributed by atoms with Crippen molar-refractivity contribution in [3.05, 3.63) is 0 Å². The van der Waals surface area contributed by atoms with Gasteiger partial charge in [-0.1, -0.05) is 0 Å². The fourth-order valence-corrected chi connectivity index (χ4v) is 3.06. The summed E-state index contributed by atoms with van der Waals surface area (Å²) in [4.78, 5) is 71.3. The number of imide groups is 1. The Labute approximate surface area is 172 Å². The molecule has 0 aromatic heterocycles. The number of esters is 4. The number of carbonyl (C=O) groups excluding carboxylic acids is 6. The van der Waals surface area contributed by atoms with E-state index in [9.17, 15) is 28.8 Å².